The summed E-state index contributed by atoms with van der Waals surface area (Å²) < 4.78 is 5.46. The minimum absolute atomic E-state index is 0.286. The molecule has 1 N–H and O–H groups in total. The van der Waals surface area contributed by atoms with Crippen molar-refractivity contribution >= 4 is 5.97 Å². The Balaban J connectivity index is 2.70. The van der Waals surface area contributed by atoms with Gasteiger partial charge in [0.25, 0.3) is 0 Å². The summed E-state index contributed by atoms with van der Waals surface area (Å²) in [5, 5.41) is 3.17. The number of carbonyl (C=O) groups is 1. The molecule has 1 aromatic rings. The van der Waals surface area contributed by atoms with E-state index in [1.807, 2.05) is 39.0 Å². The molecular formula is C13H19NO2. The van der Waals surface area contributed by atoms with Gasteiger partial charge in [0.05, 0.1) is 5.56 Å². The summed E-state index contributed by atoms with van der Waals surface area (Å²) in [6.07, 6.45) is 0.736. The molecule has 3 nitrogen and oxygen atoms in total. The molecule has 0 bridgehead atoms. The molecule has 0 saturated heterocycles. The van der Waals surface area contributed by atoms with Gasteiger partial charge in [0.1, 0.15) is 0 Å². The van der Waals surface area contributed by atoms with Crippen molar-refractivity contribution < 1.29 is 9.53 Å². The van der Waals surface area contributed by atoms with Crippen LogP contribution in [0.1, 0.15) is 37.6 Å². The topological polar surface area (TPSA) is 38.3 Å². The second-order valence-corrected chi connectivity index (χ2v) is 3.87. The largest absolute Gasteiger partial charge is 0.441 e. The Morgan fingerprint density at radius 1 is 1.31 bits per heavy atom. The summed E-state index contributed by atoms with van der Waals surface area (Å²) in [6, 6.07) is 9.04. The van der Waals surface area contributed by atoms with Gasteiger partial charge < -0.3 is 4.74 Å². The van der Waals surface area contributed by atoms with Crippen molar-refractivity contribution in [2.75, 3.05) is 6.54 Å². The van der Waals surface area contributed by atoms with Gasteiger partial charge in [0, 0.05) is 0 Å². The number of nitrogens with one attached hydrogen (secondary N) is 1. The smallest absolute Gasteiger partial charge is 0.339 e. The Hall–Kier alpha value is -1.35. The second-order valence-electron chi connectivity index (χ2n) is 3.87. The number of esters is 1. The first-order valence-corrected chi connectivity index (χ1v) is 5.64. The van der Waals surface area contributed by atoms with Crippen LogP contribution in [0.2, 0.25) is 0 Å². The summed E-state index contributed by atoms with van der Waals surface area (Å²) in [4.78, 5) is 11.8. The van der Waals surface area contributed by atoms with Gasteiger partial charge >= 0.3 is 5.97 Å². The van der Waals surface area contributed by atoms with E-state index in [0.717, 1.165) is 13.0 Å². The van der Waals surface area contributed by atoms with E-state index in [1.165, 1.54) is 0 Å². The molecular weight excluding hydrogens is 202 g/mol. The normalized spacial score (nSPS) is 14.2. The van der Waals surface area contributed by atoms with E-state index in [-0.39, 0.29) is 5.97 Å². The highest BCUT2D eigenvalue weighted by Crippen LogP contribution is 2.14. The summed E-state index contributed by atoms with van der Waals surface area (Å²) in [5.74, 6) is -0.286. The summed E-state index contributed by atoms with van der Waals surface area (Å²) in [6.45, 7) is 6.63. The molecule has 0 amide bonds. The zero-order chi connectivity index (χ0) is 12.0. The lowest BCUT2D eigenvalue weighted by Gasteiger charge is -2.29. The second kappa shape index (κ2) is 5.66. The van der Waals surface area contributed by atoms with Gasteiger partial charge in [-0.05, 0) is 32.0 Å². The molecule has 1 atom stereocenters. The molecule has 0 radical (unpaired) electrons. The Morgan fingerprint density at radius 3 is 2.44 bits per heavy atom. The van der Waals surface area contributed by atoms with E-state index in [1.54, 1.807) is 12.1 Å². The average molecular weight is 221 g/mol. The quantitative estimate of drug-likeness (QED) is 0.613. The molecule has 0 heterocycles. The van der Waals surface area contributed by atoms with Crippen molar-refractivity contribution in [2.24, 2.45) is 0 Å². The first-order valence-electron chi connectivity index (χ1n) is 5.64. The molecule has 0 aliphatic heterocycles. The van der Waals surface area contributed by atoms with Gasteiger partial charge in [-0.15, -0.1) is 0 Å². The van der Waals surface area contributed by atoms with E-state index in [9.17, 15) is 4.79 Å². The lowest BCUT2D eigenvalue weighted by atomic mass is 10.2. The molecule has 0 fully saturated rings. The molecule has 88 valence electrons. The van der Waals surface area contributed by atoms with Crippen LogP contribution in [0.15, 0.2) is 30.3 Å². The van der Waals surface area contributed by atoms with E-state index >= 15 is 0 Å². The molecule has 1 unspecified atom stereocenters. The predicted octanol–water partition coefficient (Wildman–Crippen LogP) is 2.58. The van der Waals surface area contributed by atoms with Gasteiger partial charge in [-0.3, -0.25) is 5.32 Å². The van der Waals surface area contributed by atoms with Crippen LogP contribution in [0.25, 0.3) is 0 Å². The van der Waals surface area contributed by atoms with Crippen LogP contribution in [0.4, 0.5) is 0 Å². The average Bonchev–Trinajstić information content (AvgIpc) is 2.30. The van der Waals surface area contributed by atoms with Crippen LogP contribution in [0, 0.1) is 0 Å². The number of hydrogen-bond acceptors (Lipinski definition) is 3. The van der Waals surface area contributed by atoms with E-state index in [4.69, 9.17) is 4.74 Å². The van der Waals surface area contributed by atoms with Crippen molar-refractivity contribution in [3.05, 3.63) is 35.9 Å². The molecule has 0 aromatic heterocycles. The van der Waals surface area contributed by atoms with Gasteiger partial charge in [0.2, 0.25) is 0 Å². The van der Waals surface area contributed by atoms with E-state index in [2.05, 4.69) is 5.32 Å². The van der Waals surface area contributed by atoms with Crippen LogP contribution in [0.5, 0.6) is 0 Å². The van der Waals surface area contributed by atoms with Crippen LogP contribution in [-0.2, 0) is 4.74 Å². The maximum absolute atomic E-state index is 11.8. The first kappa shape index (κ1) is 12.7. The number of carbonyl (C=O) groups excluding carboxylic acids is 1. The Bertz CT molecular complexity index is 337. The molecule has 0 saturated carbocycles. The molecule has 1 rings (SSSR count). The molecule has 1 aromatic carbocycles. The molecule has 0 spiro atoms. The Morgan fingerprint density at radius 2 is 1.94 bits per heavy atom. The first-order chi connectivity index (χ1) is 7.61. The number of ether oxygens (including phenoxy) is 1. The number of hydrogen-bond donors (Lipinski definition) is 1. The zero-order valence-corrected chi connectivity index (χ0v) is 10.1. The highest BCUT2D eigenvalue weighted by atomic mass is 16.6. The molecule has 16 heavy (non-hydrogen) atoms. The Labute approximate surface area is 96.8 Å². The third-order valence-corrected chi connectivity index (χ3v) is 2.55. The summed E-state index contributed by atoms with van der Waals surface area (Å²) >= 11 is 0. The SMILES string of the molecule is CCNC(C)(CC)OC(=O)c1ccccc1. The fourth-order valence-electron chi connectivity index (χ4n) is 1.44. The Kier molecular flexibility index (Phi) is 4.50. The van der Waals surface area contributed by atoms with Crippen LogP contribution in [0.3, 0.4) is 0 Å². The van der Waals surface area contributed by atoms with Crippen LogP contribution >= 0.6 is 0 Å². The van der Waals surface area contributed by atoms with Crippen LogP contribution < -0.4 is 5.32 Å². The lowest BCUT2D eigenvalue weighted by Crippen LogP contribution is -2.45. The number of rotatable bonds is 5. The monoisotopic (exact) mass is 221 g/mol. The fraction of sp³-hybridized carbons (Fsp3) is 0.462. The third kappa shape index (κ3) is 3.35. The highest BCUT2D eigenvalue weighted by molar-refractivity contribution is 5.89. The summed E-state index contributed by atoms with van der Waals surface area (Å²) in [7, 11) is 0. The van der Waals surface area contributed by atoms with Gasteiger partial charge in [-0.2, -0.15) is 0 Å². The van der Waals surface area contributed by atoms with Crippen molar-refractivity contribution in [3.63, 3.8) is 0 Å². The summed E-state index contributed by atoms with van der Waals surface area (Å²) in [5.41, 5.74) is 0.00173. The van der Waals surface area contributed by atoms with E-state index < -0.39 is 5.72 Å². The number of benzene rings is 1. The molecule has 0 aliphatic carbocycles. The maximum Gasteiger partial charge on any atom is 0.339 e. The van der Waals surface area contributed by atoms with Gasteiger partial charge in [-0.1, -0.05) is 32.0 Å². The standard InChI is InChI=1S/C13H19NO2/c1-4-13(3,14-5-2)16-12(15)11-9-7-6-8-10-11/h6-10,14H,4-5H2,1-3H3. The highest BCUT2D eigenvalue weighted by Gasteiger charge is 2.25. The zero-order valence-electron chi connectivity index (χ0n) is 10.1. The lowest BCUT2D eigenvalue weighted by molar-refractivity contribution is -0.0281. The fourth-order valence-corrected chi connectivity index (χ4v) is 1.44. The van der Waals surface area contributed by atoms with E-state index in [0.29, 0.717) is 5.56 Å². The van der Waals surface area contributed by atoms with Crippen molar-refractivity contribution in [1.29, 1.82) is 0 Å². The van der Waals surface area contributed by atoms with Gasteiger partial charge in [0.15, 0.2) is 5.72 Å². The molecule has 0 aliphatic rings. The van der Waals surface area contributed by atoms with Gasteiger partial charge in [-0.25, -0.2) is 4.79 Å². The predicted molar refractivity (Wildman–Crippen MR) is 64.2 cm³/mol. The van der Waals surface area contributed by atoms with Crippen molar-refractivity contribution in [2.45, 2.75) is 32.9 Å². The van der Waals surface area contributed by atoms with Crippen LogP contribution in [-0.4, -0.2) is 18.2 Å². The molecule has 3 heteroatoms. The van der Waals surface area contributed by atoms with Crippen molar-refractivity contribution in [1.82, 2.24) is 5.32 Å². The minimum Gasteiger partial charge on any atom is -0.441 e. The maximum atomic E-state index is 11.8. The minimum atomic E-state index is -0.582. The van der Waals surface area contributed by atoms with Crippen molar-refractivity contribution in [3.8, 4) is 0 Å². The third-order valence-electron chi connectivity index (χ3n) is 2.55.